The van der Waals surface area contributed by atoms with Crippen LogP contribution in [0.2, 0.25) is 15.1 Å². The quantitative estimate of drug-likeness (QED) is 0.295. The molecule has 0 bridgehead atoms. The van der Waals surface area contributed by atoms with Gasteiger partial charge in [-0.2, -0.15) is 0 Å². The topological polar surface area (TPSA) is 86.8 Å². The van der Waals surface area contributed by atoms with Crippen molar-refractivity contribution in [1.82, 2.24) is 10.2 Å². The lowest BCUT2D eigenvalue weighted by Crippen LogP contribution is -2.54. The fourth-order valence-electron chi connectivity index (χ4n) is 3.98. The van der Waals surface area contributed by atoms with Crippen molar-refractivity contribution in [2.75, 3.05) is 10.8 Å². The predicted octanol–water partition coefficient (Wildman–Crippen LogP) is 6.48. The number of rotatable bonds is 9. The van der Waals surface area contributed by atoms with Crippen LogP contribution >= 0.6 is 34.8 Å². The Morgan fingerprint density at radius 1 is 0.925 bits per heavy atom. The highest BCUT2D eigenvalue weighted by Gasteiger charge is 2.34. The SMILES string of the molecule is Cc1ccccc1N(CC(=O)N(Cc1ccc(Cl)cc1Cl)[C@@H](C)C(=O)NC(C)(C)C)S(=O)(=O)c1ccc(Cl)cc1. The molecule has 0 saturated carbocycles. The van der Waals surface area contributed by atoms with Crippen molar-refractivity contribution in [2.45, 2.75) is 57.6 Å². The van der Waals surface area contributed by atoms with E-state index in [1.165, 1.54) is 29.2 Å². The molecule has 0 aromatic heterocycles. The summed E-state index contributed by atoms with van der Waals surface area (Å²) >= 11 is 18.5. The largest absolute Gasteiger partial charge is 0.350 e. The van der Waals surface area contributed by atoms with Crippen LogP contribution in [0, 0.1) is 6.92 Å². The number of hydrogen-bond donors (Lipinski definition) is 1. The smallest absolute Gasteiger partial charge is 0.264 e. The molecule has 3 aromatic rings. The summed E-state index contributed by atoms with van der Waals surface area (Å²) in [7, 11) is -4.20. The zero-order chi connectivity index (χ0) is 29.8. The zero-order valence-electron chi connectivity index (χ0n) is 22.9. The average Bonchev–Trinajstić information content (AvgIpc) is 2.86. The molecule has 1 atom stereocenters. The van der Waals surface area contributed by atoms with Crippen molar-refractivity contribution in [2.24, 2.45) is 0 Å². The first kappa shape index (κ1) is 31.7. The summed E-state index contributed by atoms with van der Waals surface area (Å²) in [5, 5.41) is 4.00. The Hall–Kier alpha value is -2.78. The van der Waals surface area contributed by atoms with Gasteiger partial charge in [0.15, 0.2) is 0 Å². The van der Waals surface area contributed by atoms with Crippen molar-refractivity contribution in [3.05, 3.63) is 92.9 Å². The number of halogens is 3. The summed E-state index contributed by atoms with van der Waals surface area (Å²) in [5.74, 6) is -0.989. The summed E-state index contributed by atoms with van der Waals surface area (Å²) in [6, 6.07) is 16.5. The van der Waals surface area contributed by atoms with Gasteiger partial charge in [0.1, 0.15) is 12.6 Å². The zero-order valence-corrected chi connectivity index (χ0v) is 26.0. The molecule has 2 amide bonds. The number of sulfonamides is 1. The third kappa shape index (κ3) is 7.91. The number of amides is 2. The van der Waals surface area contributed by atoms with Crippen LogP contribution in [0.4, 0.5) is 5.69 Å². The van der Waals surface area contributed by atoms with Gasteiger partial charge in [0.25, 0.3) is 10.0 Å². The van der Waals surface area contributed by atoms with Crippen molar-refractivity contribution in [1.29, 1.82) is 0 Å². The van der Waals surface area contributed by atoms with E-state index in [0.717, 1.165) is 4.31 Å². The Bertz CT molecular complexity index is 1490. The maximum Gasteiger partial charge on any atom is 0.264 e. The monoisotopic (exact) mass is 623 g/mol. The van der Waals surface area contributed by atoms with Crippen LogP contribution in [-0.2, 0) is 26.2 Å². The van der Waals surface area contributed by atoms with E-state index in [1.54, 1.807) is 56.3 Å². The van der Waals surface area contributed by atoms with Gasteiger partial charge in [-0.15, -0.1) is 0 Å². The molecular weight excluding hydrogens is 593 g/mol. The van der Waals surface area contributed by atoms with Gasteiger partial charge in [0, 0.05) is 27.2 Å². The van der Waals surface area contributed by atoms with Crippen LogP contribution < -0.4 is 9.62 Å². The lowest BCUT2D eigenvalue weighted by molar-refractivity contribution is -0.140. The van der Waals surface area contributed by atoms with E-state index in [-0.39, 0.29) is 11.4 Å². The number of carbonyl (C=O) groups excluding carboxylic acids is 2. The molecule has 3 aromatic carbocycles. The van der Waals surface area contributed by atoms with E-state index in [9.17, 15) is 18.0 Å². The Kier molecular flexibility index (Phi) is 10.2. The molecule has 1 N–H and O–H groups in total. The Morgan fingerprint density at radius 3 is 2.10 bits per heavy atom. The number of carbonyl (C=O) groups is 2. The first-order valence-corrected chi connectivity index (χ1v) is 15.1. The average molecular weight is 625 g/mol. The first-order valence-electron chi connectivity index (χ1n) is 12.5. The second kappa shape index (κ2) is 12.8. The minimum absolute atomic E-state index is 0.0289. The fraction of sp³-hybridized carbons (Fsp3) is 0.310. The highest BCUT2D eigenvalue weighted by molar-refractivity contribution is 7.92. The number of anilines is 1. The van der Waals surface area contributed by atoms with Gasteiger partial charge in [0.2, 0.25) is 11.8 Å². The molecular formula is C29H32Cl3N3O4S. The van der Waals surface area contributed by atoms with Crippen molar-refractivity contribution in [3.63, 3.8) is 0 Å². The molecule has 0 saturated heterocycles. The van der Waals surface area contributed by atoms with Crippen LogP contribution in [0.25, 0.3) is 0 Å². The number of nitrogens with one attached hydrogen (secondary N) is 1. The molecule has 0 aliphatic heterocycles. The molecule has 0 fully saturated rings. The van der Waals surface area contributed by atoms with E-state index < -0.39 is 40.0 Å². The summed E-state index contributed by atoms with van der Waals surface area (Å²) in [5.41, 5.74) is 0.988. The van der Waals surface area contributed by atoms with Gasteiger partial charge in [-0.3, -0.25) is 13.9 Å². The molecule has 3 rings (SSSR count). The summed E-state index contributed by atoms with van der Waals surface area (Å²) in [6.45, 7) is 8.24. The molecule has 0 radical (unpaired) electrons. The number of aryl methyl sites for hydroxylation is 1. The molecule has 7 nitrogen and oxygen atoms in total. The Labute approximate surface area is 251 Å². The van der Waals surface area contributed by atoms with Gasteiger partial charge in [-0.05, 0) is 88.2 Å². The molecule has 40 heavy (non-hydrogen) atoms. The minimum atomic E-state index is -4.20. The molecule has 0 unspecified atom stereocenters. The molecule has 11 heteroatoms. The normalized spacial score (nSPS) is 12.5. The number of nitrogens with zero attached hydrogens (tertiary/aromatic N) is 2. The van der Waals surface area contributed by atoms with E-state index in [1.807, 2.05) is 20.8 Å². The van der Waals surface area contributed by atoms with Gasteiger partial charge >= 0.3 is 0 Å². The molecule has 0 aliphatic carbocycles. The number of benzene rings is 3. The molecule has 0 heterocycles. The van der Waals surface area contributed by atoms with Crippen molar-refractivity contribution < 1.29 is 18.0 Å². The lowest BCUT2D eigenvalue weighted by Gasteiger charge is -2.34. The highest BCUT2D eigenvalue weighted by Crippen LogP contribution is 2.29. The third-order valence-electron chi connectivity index (χ3n) is 6.09. The van der Waals surface area contributed by atoms with Crippen LogP contribution in [0.1, 0.15) is 38.8 Å². The van der Waals surface area contributed by atoms with E-state index in [0.29, 0.717) is 31.9 Å². The summed E-state index contributed by atoms with van der Waals surface area (Å²) in [6.07, 6.45) is 0. The number of para-hydroxylation sites is 1. The van der Waals surface area contributed by atoms with Gasteiger partial charge in [-0.1, -0.05) is 59.1 Å². The Balaban J connectivity index is 2.07. The standard InChI is InChI=1S/C29H32Cl3N3O4S/c1-19-8-6-7-9-26(19)35(40(38,39)24-14-12-22(30)13-15-24)18-27(36)34(20(2)28(37)33-29(3,4)5)17-21-10-11-23(31)16-25(21)32/h6-16,20H,17-18H2,1-5H3,(H,33,37)/t20-/m0/s1. The molecule has 0 aliphatic rings. The third-order valence-corrected chi connectivity index (χ3v) is 8.70. The first-order chi connectivity index (χ1) is 18.6. The highest BCUT2D eigenvalue weighted by atomic mass is 35.5. The second-order valence-corrected chi connectivity index (χ2v) is 13.6. The second-order valence-electron chi connectivity index (χ2n) is 10.4. The molecule has 0 spiro atoms. The fourth-order valence-corrected chi connectivity index (χ4v) is 6.05. The maximum absolute atomic E-state index is 14.0. The Morgan fingerprint density at radius 2 is 1.52 bits per heavy atom. The van der Waals surface area contributed by atoms with Crippen LogP contribution in [0.15, 0.2) is 71.6 Å². The molecule has 214 valence electrons. The van der Waals surface area contributed by atoms with Gasteiger partial charge < -0.3 is 10.2 Å². The lowest BCUT2D eigenvalue weighted by atomic mass is 10.1. The summed E-state index contributed by atoms with van der Waals surface area (Å²) in [4.78, 5) is 28.5. The van der Waals surface area contributed by atoms with E-state index >= 15 is 0 Å². The number of hydrogen-bond acceptors (Lipinski definition) is 4. The van der Waals surface area contributed by atoms with Gasteiger partial charge in [-0.25, -0.2) is 8.42 Å². The van der Waals surface area contributed by atoms with Crippen molar-refractivity contribution >= 4 is 62.3 Å². The van der Waals surface area contributed by atoms with Crippen LogP contribution in [0.5, 0.6) is 0 Å². The van der Waals surface area contributed by atoms with Crippen LogP contribution in [0.3, 0.4) is 0 Å². The van der Waals surface area contributed by atoms with Gasteiger partial charge in [0.05, 0.1) is 10.6 Å². The maximum atomic E-state index is 14.0. The van der Waals surface area contributed by atoms with E-state index in [2.05, 4.69) is 5.32 Å². The predicted molar refractivity (Wildman–Crippen MR) is 162 cm³/mol. The minimum Gasteiger partial charge on any atom is -0.350 e. The van der Waals surface area contributed by atoms with Crippen molar-refractivity contribution in [3.8, 4) is 0 Å². The van der Waals surface area contributed by atoms with E-state index in [4.69, 9.17) is 34.8 Å². The summed E-state index contributed by atoms with van der Waals surface area (Å²) < 4.78 is 28.8. The van der Waals surface area contributed by atoms with Crippen LogP contribution in [-0.4, -0.2) is 43.3 Å².